The van der Waals surface area contributed by atoms with Crippen molar-refractivity contribution in [3.63, 3.8) is 0 Å². The SMILES string of the molecule is CCN(CCC(O)c1ccc2c(c1)CCCN2)Cc1ccccc1. The first-order valence-electron chi connectivity index (χ1n) is 9.07. The molecule has 2 aromatic rings. The van der Waals surface area contributed by atoms with Gasteiger partial charge in [-0.15, -0.1) is 0 Å². The van der Waals surface area contributed by atoms with E-state index < -0.39 is 0 Å². The number of fused-ring (bicyclic) bond motifs is 1. The Morgan fingerprint density at radius 2 is 2.00 bits per heavy atom. The number of aliphatic hydroxyl groups is 1. The Hall–Kier alpha value is -1.84. The minimum absolute atomic E-state index is 0.387. The van der Waals surface area contributed by atoms with Crippen LogP contribution >= 0.6 is 0 Å². The Bertz CT molecular complexity index is 642. The second kappa shape index (κ2) is 8.32. The molecule has 0 saturated carbocycles. The smallest absolute Gasteiger partial charge is 0.0802 e. The molecule has 2 N–H and O–H groups in total. The van der Waals surface area contributed by atoms with E-state index >= 15 is 0 Å². The highest BCUT2D eigenvalue weighted by molar-refractivity contribution is 5.54. The first kappa shape index (κ1) is 17.0. The van der Waals surface area contributed by atoms with Gasteiger partial charge in [-0.3, -0.25) is 4.90 Å². The summed E-state index contributed by atoms with van der Waals surface area (Å²) in [5.41, 5.74) is 4.95. The predicted molar refractivity (Wildman–Crippen MR) is 100 cm³/mol. The lowest BCUT2D eigenvalue weighted by molar-refractivity contribution is 0.141. The van der Waals surface area contributed by atoms with E-state index in [9.17, 15) is 5.11 Å². The highest BCUT2D eigenvalue weighted by Crippen LogP contribution is 2.27. The van der Waals surface area contributed by atoms with Crippen molar-refractivity contribution in [2.24, 2.45) is 0 Å². The molecule has 0 aromatic heterocycles. The van der Waals surface area contributed by atoms with Gasteiger partial charge in [0, 0.05) is 25.3 Å². The maximum atomic E-state index is 10.6. The number of nitrogens with one attached hydrogen (secondary N) is 1. The van der Waals surface area contributed by atoms with E-state index in [0.29, 0.717) is 0 Å². The van der Waals surface area contributed by atoms with Gasteiger partial charge >= 0.3 is 0 Å². The molecule has 0 fully saturated rings. The Morgan fingerprint density at radius 1 is 1.17 bits per heavy atom. The Kier molecular flexibility index (Phi) is 5.89. The third kappa shape index (κ3) is 4.37. The minimum Gasteiger partial charge on any atom is -0.388 e. The van der Waals surface area contributed by atoms with Gasteiger partial charge in [0.1, 0.15) is 0 Å². The van der Waals surface area contributed by atoms with Crippen LogP contribution in [0.5, 0.6) is 0 Å². The average Bonchev–Trinajstić information content (AvgIpc) is 2.65. The quantitative estimate of drug-likeness (QED) is 0.808. The number of aryl methyl sites for hydroxylation is 1. The number of benzene rings is 2. The van der Waals surface area contributed by atoms with Crippen LogP contribution in [-0.2, 0) is 13.0 Å². The van der Waals surface area contributed by atoms with Crippen molar-refractivity contribution in [1.82, 2.24) is 4.90 Å². The number of hydrogen-bond donors (Lipinski definition) is 2. The molecule has 24 heavy (non-hydrogen) atoms. The lowest BCUT2D eigenvalue weighted by Gasteiger charge is -2.23. The van der Waals surface area contributed by atoms with Gasteiger partial charge in [-0.25, -0.2) is 0 Å². The van der Waals surface area contributed by atoms with Crippen LogP contribution in [0, 0.1) is 0 Å². The van der Waals surface area contributed by atoms with Crippen molar-refractivity contribution in [2.75, 3.05) is 25.0 Å². The van der Waals surface area contributed by atoms with E-state index in [4.69, 9.17) is 0 Å². The molecule has 0 aliphatic carbocycles. The van der Waals surface area contributed by atoms with Crippen molar-refractivity contribution in [3.8, 4) is 0 Å². The zero-order chi connectivity index (χ0) is 16.8. The number of rotatable bonds is 7. The Morgan fingerprint density at radius 3 is 2.79 bits per heavy atom. The lowest BCUT2D eigenvalue weighted by atomic mass is 9.97. The second-order valence-electron chi connectivity index (χ2n) is 6.61. The van der Waals surface area contributed by atoms with Gasteiger partial charge in [0.15, 0.2) is 0 Å². The second-order valence-corrected chi connectivity index (χ2v) is 6.61. The summed E-state index contributed by atoms with van der Waals surface area (Å²) in [5.74, 6) is 0. The third-order valence-electron chi connectivity index (χ3n) is 4.87. The van der Waals surface area contributed by atoms with Gasteiger partial charge in [0.05, 0.1) is 6.10 Å². The maximum Gasteiger partial charge on any atom is 0.0802 e. The third-order valence-corrected chi connectivity index (χ3v) is 4.87. The van der Waals surface area contributed by atoms with E-state index in [2.05, 4.69) is 65.7 Å². The Balaban J connectivity index is 1.56. The molecule has 3 rings (SSSR count). The maximum absolute atomic E-state index is 10.6. The van der Waals surface area contributed by atoms with Gasteiger partial charge in [-0.1, -0.05) is 49.4 Å². The van der Waals surface area contributed by atoms with Crippen LogP contribution in [0.1, 0.15) is 42.6 Å². The normalized spacial score (nSPS) is 15.0. The van der Waals surface area contributed by atoms with Crippen LogP contribution in [0.15, 0.2) is 48.5 Å². The summed E-state index contributed by atoms with van der Waals surface area (Å²) in [6, 6.07) is 16.9. The van der Waals surface area contributed by atoms with Crippen LogP contribution in [0.2, 0.25) is 0 Å². The summed E-state index contributed by atoms with van der Waals surface area (Å²) in [7, 11) is 0. The zero-order valence-electron chi connectivity index (χ0n) is 14.5. The Labute approximate surface area is 145 Å². The van der Waals surface area contributed by atoms with Crippen LogP contribution in [0.3, 0.4) is 0 Å². The molecule has 1 aliphatic rings. The molecular formula is C21H28N2O. The molecule has 0 amide bonds. The number of nitrogens with zero attached hydrogens (tertiary/aromatic N) is 1. The number of hydrogen-bond acceptors (Lipinski definition) is 3. The fourth-order valence-corrected chi connectivity index (χ4v) is 3.36. The van der Waals surface area contributed by atoms with Crippen molar-refractivity contribution < 1.29 is 5.11 Å². The van der Waals surface area contributed by atoms with Crippen LogP contribution in [-0.4, -0.2) is 29.6 Å². The molecule has 1 aliphatic heterocycles. The van der Waals surface area contributed by atoms with Gasteiger partial charge in [0.2, 0.25) is 0 Å². The summed E-state index contributed by atoms with van der Waals surface area (Å²) in [4.78, 5) is 2.39. The summed E-state index contributed by atoms with van der Waals surface area (Å²) in [6.45, 7) is 6.08. The molecule has 3 nitrogen and oxygen atoms in total. The molecule has 1 atom stereocenters. The van der Waals surface area contributed by atoms with Crippen molar-refractivity contribution >= 4 is 5.69 Å². The van der Waals surface area contributed by atoms with E-state index in [-0.39, 0.29) is 6.10 Å². The molecule has 0 radical (unpaired) electrons. The number of aliphatic hydroxyl groups excluding tert-OH is 1. The topological polar surface area (TPSA) is 35.5 Å². The largest absolute Gasteiger partial charge is 0.388 e. The summed E-state index contributed by atoms with van der Waals surface area (Å²) in [5, 5.41) is 14.0. The molecule has 0 bridgehead atoms. The molecular weight excluding hydrogens is 296 g/mol. The number of anilines is 1. The molecule has 128 valence electrons. The fraction of sp³-hybridized carbons (Fsp3) is 0.429. The van der Waals surface area contributed by atoms with E-state index in [1.165, 1.54) is 23.2 Å². The minimum atomic E-state index is -0.387. The molecule has 0 saturated heterocycles. The van der Waals surface area contributed by atoms with Gasteiger partial charge in [-0.05, 0) is 48.6 Å². The van der Waals surface area contributed by atoms with Crippen LogP contribution in [0.4, 0.5) is 5.69 Å². The van der Waals surface area contributed by atoms with Gasteiger partial charge in [-0.2, -0.15) is 0 Å². The van der Waals surface area contributed by atoms with Gasteiger partial charge in [0.25, 0.3) is 0 Å². The molecule has 3 heteroatoms. The predicted octanol–water partition coefficient (Wildman–Crippen LogP) is 3.99. The molecule has 0 spiro atoms. The first-order chi connectivity index (χ1) is 11.8. The monoisotopic (exact) mass is 324 g/mol. The van der Waals surface area contributed by atoms with Crippen molar-refractivity contribution in [2.45, 2.75) is 38.8 Å². The summed E-state index contributed by atoms with van der Waals surface area (Å²) >= 11 is 0. The molecule has 1 unspecified atom stereocenters. The zero-order valence-corrected chi connectivity index (χ0v) is 14.5. The summed E-state index contributed by atoms with van der Waals surface area (Å²) in [6.07, 6.45) is 2.67. The van der Waals surface area contributed by atoms with E-state index in [1.807, 2.05) is 0 Å². The van der Waals surface area contributed by atoms with Crippen LogP contribution < -0.4 is 5.32 Å². The standard InChI is InChI=1S/C21H28N2O/c1-2-23(16-17-7-4-3-5-8-17)14-12-21(24)19-10-11-20-18(15-19)9-6-13-22-20/h3-5,7-8,10-11,15,21-22,24H,2,6,9,12-14,16H2,1H3. The lowest BCUT2D eigenvalue weighted by Crippen LogP contribution is -2.25. The van der Waals surface area contributed by atoms with Gasteiger partial charge < -0.3 is 10.4 Å². The highest BCUT2D eigenvalue weighted by Gasteiger charge is 2.14. The first-order valence-corrected chi connectivity index (χ1v) is 9.07. The molecule has 1 heterocycles. The van der Waals surface area contributed by atoms with E-state index in [1.54, 1.807) is 0 Å². The highest BCUT2D eigenvalue weighted by atomic mass is 16.3. The average molecular weight is 324 g/mol. The van der Waals surface area contributed by atoms with Crippen molar-refractivity contribution in [1.29, 1.82) is 0 Å². The molecule has 2 aromatic carbocycles. The summed E-state index contributed by atoms with van der Waals surface area (Å²) < 4.78 is 0. The fourth-order valence-electron chi connectivity index (χ4n) is 3.36. The van der Waals surface area contributed by atoms with Crippen molar-refractivity contribution in [3.05, 3.63) is 65.2 Å². The van der Waals surface area contributed by atoms with E-state index in [0.717, 1.165) is 44.6 Å². The van der Waals surface area contributed by atoms with Crippen LogP contribution in [0.25, 0.3) is 0 Å².